The molecule has 2 N–H and O–H groups in total. The summed E-state index contributed by atoms with van der Waals surface area (Å²) in [6, 6.07) is 24.9. The zero-order chi connectivity index (χ0) is 21.9. The first-order valence-corrected chi connectivity index (χ1v) is 12.2. The van der Waals surface area contributed by atoms with Gasteiger partial charge in [0.15, 0.2) is 0 Å². The second-order valence-electron chi connectivity index (χ2n) is 10.6. The van der Waals surface area contributed by atoms with Crippen molar-refractivity contribution in [1.82, 2.24) is 0 Å². The zero-order valence-electron chi connectivity index (χ0n) is 18.8. The molecular formula is C30H32O2. The van der Waals surface area contributed by atoms with Crippen molar-refractivity contribution in [2.75, 3.05) is 0 Å². The smallest absolute Gasteiger partial charge is 0.123 e. The van der Waals surface area contributed by atoms with Crippen LogP contribution in [0.1, 0.15) is 61.6 Å². The van der Waals surface area contributed by atoms with E-state index in [-0.39, 0.29) is 5.41 Å². The minimum absolute atomic E-state index is 0.0772. The monoisotopic (exact) mass is 424 g/mol. The molecule has 2 saturated carbocycles. The standard InChI is InChI=1S/C30H32O2/c1-29-16-14-23-24(27(29)15-17-30(29,32)22-10-6-3-7-11-22)13-12-21-18-28(31)26(19-25(21)23)20-8-4-2-5-9-20/h2-11,18-19,23-24,27,31-32H,12-17H2,1H3/t23-,24+,27-,29-,30+/m0/s1. The summed E-state index contributed by atoms with van der Waals surface area (Å²) < 4.78 is 0. The number of hydrogen-bond acceptors (Lipinski definition) is 2. The molecule has 0 aliphatic heterocycles. The molecule has 3 aromatic carbocycles. The Labute approximate surface area is 190 Å². The predicted octanol–water partition coefficient (Wildman–Crippen LogP) is 6.80. The normalized spacial score (nSPS) is 33.2. The highest BCUT2D eigenvalue weighted by atomic mass is 16.3. The van der Waals surface area contributed by atoms with Crippen molar-refractivity contribution in [2.45, 2.75) is 57.0 Å². The van der Waals surface area contributed by atoms with Crippen LogP contribution in [0.4, 0.5) is 0 Å². The fourth-order valence-electron chi connectivity index (χ4n) is 7.66. The Kier molecular flexibility index (Phi) is 4.52. The maximum Gasteiger partial charge on any atom is 0.123 e. The molecule has 0 bridgehead atoms. The summed E-state index contributed by atoms with van der Waals surface area (Å²) in [5, 5.41) is 22.8. The fourth-order valence-corrected chi connectivity index (χ4v) is 7.66. The SMILES string of the molecule is C[C@]12CC[C@@H]3c4cc(-c5ccccc5)c(O)cc4CC[C@H]3[C@@H]1CC[C@@]2(O)c1ccccc1. The maximum atomic E-state index is 12.0. The molecule has 2 nitrogen and oxygen atoms in total. The first-order chi connectivity index (χ1) is 15.5. The molecule has 2 fully saturated rings. The van der Waals surface area contributed by atoms with E-state index in [0.717, 1.165) is 55.2 Å². The van der Waals surface area contributed by atoms with Gasteiger partial charge in [-0.3, -0.25) is 0 Å². The van der Waals surface area contributed by atoms with E-state index in [1.807, 2.05) is 30.3 Å². The summed E-state index contributed by atoms with van der Waals surface area (Å²) in [4.78, 5) is 0. The van der Waals surface area contributed by atoms with Crippen molar-refractivity contribution < 1.29 is 10.2 Å². The number of aliphatic hydroxyl groups is 1. The second kappa shape index (κ2) is 7.22. The number of fused-ring (bicyclic) bond motifs is 5. The third kappa shape index (κ3) is 2.75. The van der Waals surface area contributed by atoms with Crippen molar-refractivity contribution in [3.05, 3.63) is 89.5 Å². The maximum absolute atomic E-state index is 12.0. The average molecular weight is 425 g/mol. The van der Waals surface area contributed by atoms with E-state index in [9.17, 15) is 10.2 Å². The molecule has 3 aliphatic rings. The van der Waals surface area contributed by atoms with Crippen LogP contribution < -0.4 is 0 Å². The lowest BCUT2D eigenvalue weighted by Gasteiger charge is -2.53. The van der Waals surface area contributed by atoms with E-state index in [0.29, 0.717) is 23.5 Å². The molecule has 0 unspecified atom stereocenters. The Bertz CT molecular complexity index is 1140. The van der Waals surface area contributed by atoms with Crippen LogP contribution in [-0.2, 0) is 12.0 Å². The lowest BCUT2D eigenvalue weighted by molar-refractivity contribution is -0.108. The Hall–Kier alpha value is -2.58. The van der Waals surface area contributed by atoms with Crippen LogP contribution in [0.2, 0.25) is 0 Å². The number of aromatic hydroxyl groups is 1. The Balaban J connectivity index is 1.38. The number of rotatable bonds is 2. The Morgan fingerprint density at radius 1 is 0.844 bits per heavy atom. The van der Waals surface area contributed by atoms with Gasteiger partial charge in [0.1, 0.15) is 5.75 Å². The molecular weight excluding hydrogens is 392 g/mol. The van der Waals surface area contributed by atoms with Gasteiger partial charge in [0.25, 0.3) is 0 Å². The lowest BCUT2D eigenvalue weighted by atomic mass is 9.52. The van der Waals surface area contributed by atoms with E-state index >= 15 is 0 Å². The van der Waals surface area contributed by atoms with Crippen LogP contribution in [0.15, 0.2) is 72.8 Å². The van der Waals surface area contributed by atoms with E-state index in [4.69, 9.17) is 0 Å². The van der Waals surface area contributed by atoms with Crippen LogP contribution in [0.25, 0.3) is 11.1 Å². The minimum atomic E-state index is -0.728. The first kappa shape index (κ1) is 20.1. The summed E-state index contributed by atoms with van der Waals surface area (Å²) in [5.74, 6) is 2.06. The molecule has 3 aliphatic carbocycles. The highest BCUT2D eigenvalue weighted by Crippen LogP contribution is 2.67. The highest BCUT2D eigenvalue weighted by Gasteiger charge is 2.62. The number of hydrogen-bond donors (Lipinski definition) is 2. The Morgan fingerprint density at radius 3 is 2.31 bits per heavy atom. The molecule has 0 amide bonds. The number of phenolic OH excluding ortho intramolecular Hbond substituents is 1. The van der Waals surface area contributed by atoms with E-state index in [2.05, 4.69) is 49.4 Å². The van der Waals surface area contributed by atoms with Gasteiger partial charge in [-0.05, 0) is 90.7 Å². The molecule has 6 rings (SSSR count). The molecule has 0 spiro atoms. The lowest BCUT2D eigenvalue weighted by Crippen LogP contribution is -2.49. The van der Waals surface area contributed by atoms with Crippen LogP contribution in [0.3, 0.4) is 0 Å². The largest absolute Gasteiger partial charge is 0.507 e. The fraction of sp³-hybridized carbons (Fsp3) is 0.400. The van der Waals surface area contributed by atoms with E-state index in [1.54, 1.807) is 0 Å². The topological polar surface area (TPSA) is 40.5 Å². The molecule has 3 aromatic rings. The van der Waals surface area contributed by atoms with Gasteiger partial charge in [0.05, 0.1) is 5.60 Å². The molecule has 164 valence electrons. The van der Waals surface area contributed by atoms with Crippen LogP contribution >= 0.6 is 0 Å². The number of aryl methyl sites for hydroxylation is 1. The van der Waals surface area contributed by atoms with Gasteiger partial charge in [-0.25, -0.2) is 0 Å². The van der Waals surface area contributed by atoms with E-state index in [1.165, 1.54) is 11.1 Å². The van der Waals surface area contributed by atoms with Gasteiger partial charge in [-0.2, -0.15) is 0 Å². The number of phenols is 1. The molecule has 0 heterocycles. The molecule has 2 heteroatoms. The Morgan fingerprint density at radius 2 is 1.56 bits per heavy atom. The summed E-state index contributed by atoms with van der Waals surface area (Å²) >= 11 is 0. The molecule has 0 saturated heterocycles. The first-order valence-electron chi connectivity index (χ1n) is 12.2. The summed E-state index contributed by atoms with van der Waals surface area (Å²) in [7, 11) is 0. The van der Waals surface area contributed by atoms with Gasteiger partial charge in [0, 0.05) is 11.0 Å². The van der Waals surface area contributed by atoms with Crippen molar-refractivity contribution in [3.8, 4) is 16.9 Å². The summed E-state index contributed by atoms with van der Waals surface area (Å²) in [6.45, 7) is 2.36. The van der Waals surface area contributed by atoms with Crippen molar-refractivity contribution in [2.24, 2.45) is 17.3 Å². The van der Waals surface area contributed by atoms with Crippen molar-refractivity contribution in [1.29, 1.82) is 0 Å². The zero-order valence-corrected chi connectivity index (χ0v) is 18.8. The van der Waals surface area contributed by atoms with Gasteiger partial charge in [-0.15, -0.1) is 0 Å². The van der Waals surface area contributed by atoms with Crippen LogP contribution in [0, 0.1) is 17.3 Å². The van der Waals surface area contributed by atoms with Crippen LogP contribution in [-0.4, -0.2) is 10.2 Å². The average Bonchev–Trinajstić information content (AvgIpc) is 3.11. The molecule has 0 aromatic heterocycles. The minimum Gasteiger partial charge on any atom is -0.507 e. The molecule has 32 heavy (non-hydrogen) atoms. The highest BCUT2D eigenvalue weighted by molar-refractivity contribution is 5.72. The van der Waals surface area contributed by atoms with Gasteiger partial charge >= 0.3 is 0 Å². The molecule has 0 radical (unpaired) electrons. The second-order valence-corrected chi connectivity index (χ2v) is 10.6. The predicted molar refractivity (Wildman–Crippen MR) is 128 cm³/mol. The van der Waals surface area contributed by atoms with Crippen molar-refractivity contribution in [3.63, 3.8) is 0 Å². The van der Waals surface area contributed by atoms with Gasteiger partial charge in [-0.1, -0.05) is 67.6 Å². The van der Waals surface area contributed by atoms with Gasteiger partial charge < -0.3 is 10.2 Å². The quantitative estimate of drug-likeness (QED) is 0.475. The third-order valence-electron chi connectivity index (χ3n) is 9.33. The van der Waals surface area contributed by atoms with Crippen molar-refractivity contribution >= 4 is 0 Å². The summed E-state index contributed by atoms with van der Waals surface area (Å²) in [6.07, 6.45) is 6.30. The van der Waals surface area contributed by atoms with Crippen LogP contribution in [0.5, 0.6) is 5.75 Å². The van der Waals surface area contributed by atoms with E-state index < -0.39 is 5.60 Å². The number of benzene rings is 3. The summed E-state index contributed by atoms with van der Waals surface area (Å²) in [5.41, 5.74) is 5.08. The van der Waals surface area contributed by atoms with Gasteiger partial charge in [0.2, 0.25) is 0 Å². The molecule has 5 atom stereocenters. The third-order valence-corrected chi connectivity index (χ3v) is 9.33.